The standard InChI is InChI=1S/C29H28ClN5O4/c1-39-23-4-2-19(3-5-23)27-31-13-18(14-32-27)16-35-26-20(15-33-35)7-21(30)8-24(26)28(38)34-22-11-29(12-22)9-17(10-29)6-25(36)37/h2-5,7-8,13-15,17,22H,6,9-12,16H2,1H3,(H,34,38)(H,36,37). The number of aromatic nitrogens is 4. The lowest BCUT2D eigenvalue weighted by Crippen LogP contribution is -2.56. The molecule has 0 unspecified atom stereocenters. The first kappa shape index (κ1) is 25.3. The van der Waals surface area contributed by atoms with E-state index in [-0.39, 0.29) is 29.7 Å². The molecule has 1 amide bonds. The van der Waals surface area contributed by atoms with Crippen molar-refractivity contribution in [3.63, 3.8) is 0 Å². The van der Waals surface area contributed by atoms with Gasteiger partial charge in [0.25, 0.3) is 5.91 Å². The fourth-order valence-corrected chi connectivity index (χ4v) is 6.45. The number of aliphatic carboxylic acids is 1. The van der Waals surface area contributed by atoms with Crippen LogP contribution in [0, 0.1) is 11.3 Å². The Labute approximate surface area is 230 Å². The topological polar surface area (TPSA) is 119 Å². The highest BCUT2D eigenvalue weighted by atomic mass is 35.5. The maximum Gasteiger partial charge on any atom is 0.303 e. The van der Waals surface area contributed by atoms with Gasteiger partial charge in [0.05, 0.1) is 30.9 Å². The summed E-state index contributed by atoms with van der Waals surface area (Å²) in [6.07, 6.45) is 9.10. The summed E-state index contributed by atoms with van der Waals surface area (Å²) in [7, 11) is 1.63. The van der Waals surface area contributed by atoms with E-state index in [1.165, 1.54) is 0 Å². The van der Waals surface area contributed by atoms with E-state index in [2.05, 4.69) is 20.4 Å². The van der Waals surface area contributed by atoms with Crippen LogP contribution >= 0.6 is 11.6 Å². The van der Waals surface area contributed by atoms with Crippen molar-refractivity contribution in [3.05, 3.63) is 71.1 Å². The van der Waals surface area contributed by atoms with Crippen molar-refractivity contribution in [3.8, 4) is 17.1 Å². The zero-order valence-electron chi connectivity index (χ0n) is 21.4. The average Bonchev–Trinajstić information content (AvgIpc) is 3.28. The number of nitrogens with one attached hydrogen (secondary N) is 1. The number of methoxy groups -OCH3 is 1. The fourth-order valence-electron chi connectivity index (χ4n) is 6.23. The molecular weight excluding hydrogens is 518 g/mol. The fraction of sp³-hybridized carbons (Fsp3) is 0.345. The minimum absolute atomic E-state index is 0.0765. The summed E-state index contributed by atoms with van der Waals surface area (Å²) < 4.78 is 6.98. The van der Waals surface area contributed by atoms with Gasteiger partial charge in [-0.15, -0.1) is 0 Å². The van der Waals surface area contributed by atoms with E-state index in [1.807, 2.05) is 24.3 Å². The van der Waals surface area contributed by atoms with Crippen molar-refractivity contribution in [2.24, 2.45) is 11.3 Å². The zero-order valence-corrected chi connectivity index (χ0v) is 22.2. The second-order valence-electron chi connectivity index (χ2n) is 10.8. The van der Waals surface area contributed by atoms with Gasteiger partial charge in [0.2, 0.25) is 0 Å². The van der Waals surface area contributed by atoms with E-state index in [1.54, 1.807) is 42.5 Å². The van der Waals surface area contributed by atoms with Crippen molar-refractivity contribution in [2.45, 2.75) is 44.7 Å². The summed E-state index contributed by atoms with van der Waals surface area (Å²) in [5.41, 5.74) is 3.11. The number of carbonyl (C=O) groups is 2. The van der Waals surface area contributed by atoms with Gasteiger partial charge in [0, 0.05) is 46.4 Å². The molecule has 2 aromatic heterocycles. The summed E-state index contributed by atoms with van der Waals surface area (Å²) in [6.45, 7) is 0.395. The van der Waals surface area contributed by atoms with Crippen molar-refractivity contribution in [2.75, 3.05) is 7.11 Å². The Morgan fingerprint density at radius 1 is 1.10 bits per heavy atom. The van der Waals surface area contributed by atoms with Gasteiger partial charge in [-0.25, -0.2) is 9.97 Å². The summed E-state index contributed by atoms with van der Waals surface area (Å²) in [5, 5.41) is 17.9. The van der Waals surface area contributed by atoms with E-state index >= 15 is 0 Å². The number of hydrogen-bond acceptors (Lipinski definition) is 6. The van der Waals surface area contributed by atoms with E-state index < -0.39 is 5.97 Å². The first-order valence-electron chi connectivity index (χ1n) is 12.9. The van der Waals surface area contributed by atoms with Crippen LogP contribution in [0.4, 0.5) is 0 Å². The molecule has 2 aromatic carbocycles. The van der Waals surface area contributed by atoms with Crippen LogP contribution in [0.3, 0.4) is 0 Å². The third-order valence-electron chi connectivity index (χ3n) is 7.93. The molecule has 1 spiro atoms. The quantitative estimate of drug-likeness (QED) is 0.321. The normalized spacial score (nSPS) is 21.8. The number of hydrogen-bond donors (Lipinski definition) is 2. The molecule has 9 nitrogen and oxygen atoms in total. The molecule has 4 aromatic rings. The van der Waals surface area contributed by atoms with Crippen molar-refractivity contribution in [1.29, 1.82) is 0 Å². The number of ether oxygens (including phenoxy) is 1. The Bertz CT molecular complexity index is 1540. The third kappa shape index (κ3) is 5.06. The zero-order chi connectivity index (χ0) is 27.1. The predicted molar refractivity (Wildman–Crippen MR) is 146 cm³/mol. The van der Waals surface area contributed by atoms with Crippen LogP contribution in [0.2, 0.25) is 5.02 Å². The minimum Gasteiger partial charge on any atom is -0.497 e. The first-order chi connectivity index (χ1) is 18.8. The Kier molecular flexibility index (Phi) is 6.46. The van der Waals surface area contributed by atoms with Gasteiger partial charge in [0.1, 0.15) is 5.75 Å². The van der Waals surface area contributed by atoms with Gasteiger partial charge in [-0.05, 0) is 73.4 Å². The summed E-state index contributed by atoms with van der Waals surface area (Å²) in [5.74, 6) is 0.718. The maximum atomic E-state index is 13.4. The molecule has 2 aliphatic carbocycles. The lowest BCUT2D eigenvalue weighted by atomic mass is 9.49. The van der Waals surface area contributed by atoms with Crippen molar-refractivity contribution in [1.82, 2.24) is 25.1 Å². The van der Waals surface area contributed by atoms with Crippen LogP contribution in [-0.4, -0.2) is 49.9 Å². The first-order valence-corrected chi connectivity index (χ1v) is 13.3. The SMILES string of the molecule is COc1ccc(-c2ncc(Cn3ncc4cc(Cl)cc(C(=O)NC5CC6(CC(CC(=O)O)C6)C5)c43)cn2)cc1. The van der Waals surface area contributed by atoms with E-state index in [9.17, 15) is 9.59 Å². The number of nitrogens with zero attached hydrogens (tertiary/aromatic N) is 4. The average molecular weight is 546 g/mol. The molecule has 0 saturated heterocycles. The van der Waals surface area contributed by atoms with Crippen LogP contribution < -0.4 is 10.1 Å². The lowest BCUT2D eigenvalue weighted by molar-refractivity contribution is -0.142. The summed E-state index contributed by atoms with van der Waals surface area (Å²) in [6, 6.07) is 11.1. The van der Waals surface area contributed by atoms with Gasteiger partial charge < -0.3 is 15.2 Å². The molecule has 39 heavy (non-hydrogen) atoms. The van der Waals surface area contributed by atoms with Gasteiger partial charge in [-0.1, -0.05) is 11.6 Å². The molecule has 0 atom stereocenters. The van der Waals surface area contributed by atoms with Crippen LogP contribution in [0.5, 0.6) is 5.75 Å². The largest absolute Gasteiger partial charge is 0.497 e. The van der Waals surface area contributed by atoms with Gasteiger partial charge in [-0.2, -0.15) is 5.10 Å². The van der Waals surface area contributed by atoms with Crippen LogP contribution in [-0.2, 0) is 11.3 Å². The molecule has 200 valence electrons. The molecule has 10 heteroatoms. The number of halogens is 1. The lowest BCUT2D eigenvalue weighted by Gasteiger charge is -2.57. The Balaban J connectivity index is 1.16. The highest BCUT2D eigenvalue weighted by Crippen LogP contribution is 2.59. The molecule has 2 fully saturated rings. The van der Waals surface area contributed by atoms with Gasteiger partial charge in [-0.3, -0.25) is 14.3 Å². The molecule has 0 radical (unpaired) electrons. The maximum absolute atomic E-state index is 13.4. The number of fused-ring (bicyclic) bond motifs is 1. The monoisotopic (exact) mass is 545 g/mol. The Morgan fingerprint density at radius 2 is 1.82 bits per heavy atom. The molecule has 2 N–H and O–H groups in total. The van der Waals surface area contributed by atoms with E-state index in [0.717, 1.165) is 47.9 Å². The molecule has 0 bridgehead atoms. The number of carboxylic acids is 1. The number of benzene rings is 2. The second-order valence-corrected chi connectivity index (χ2v) is 11.2. The highest BCUT2D eigenvalue weighted by Gasteiger charge is 2.53. The van der Waals surface area contributed by atoms with Gasteiger partial charge >= 0.3 is 5.97 Å². The molecule has 2 heterocycles. The highest BCUT2D eigenvalue weighted by molar-refractivity contribution is 6.32. The van der Waals surface area contributed by atoms with Crippen molar-refractivity contribution >= 4 is 34.4 Å². The second kappa shape index (κ2) is 9.96. The smallest absolute Gasteiger partial charge is 0.303 e. The number of rotatable bonds is 8. The van der Waals surface area contributed by atoms with Crippen LogP contribution in [0.1, 0.15) is 48.0 Å². The molecule has 6 rings (SSSR count). The Hall–Kier alpha value is -3.98. The summed E-state index contributed by atoms with van der Waals surface area (Å²) >= 11 is 6.36. The van der Waals surface area contributed by atoms with Crippen LogP contribution in [0.15, 0.2) is 55.0 Å². The van der Waals surface area contributed by atoms with E-state index in [4.69, 9.17) is 21.4 Å². The van der Waals surface area contributed by atoms with Crippen molar-refractivity contribution < 1.29 is 19.4 Å². The Morgan fingerprint density at radius 3 is 2.49 bits per heavy atom. The van der Waals surface area contributed by atoms with E-state index in [0.29, 0.717) is 28.5 Å². The molecular formula is C29H28ClN5O4. The van der Waals surface area contributed by atoms with Crippen LogP contribution in [0.25, 0.3) is 22.3 Å². The molecule has 2 aliphatic rings. The molecule has 2 saturated carbocycles. The third-order valence-corrected chi connectivity index (χ3v) is 8.15. The molecule has 0 aliphatic heterocycles. The predicted octanol–water partition coefficient (Wildman–Crippen LogP) is 4.97. The van der Waals surface area contributed by atoms with Gasteiger partial charge in [0.15, 0.2) is 5.82 Å². The summed E-state index contributed by atoms with van der Waals surface area (Å²) in [4.78, 5) is 33.4. The number of carboxylic acid groups (broad SMARTS) is 1. The minimum atomic E-state index is -0.736. The number of carbonyl (C=O) groups excluding carboxylic acids is 1. The number of amides is 1.